The summed E-state index contributed by atoms with van der Waals surface area (Å²) in [5.74, 6) is 0.704. The van der Waals surface area contributed by atoms with Gasteiger partial charge in [0, 0.05) is 23.1 Å². The molecule has 0 N–H and O–H groups in total. The third kappa shape index (κ3) is 2.96. The minimum atomic E-state index is 0.184. The van der Waals surface area contributed by atoms with Crippen LogP contribution in [0.2, 0.25) is 5.02 Å². The maximum Gasteiger partial charge on any atom is 0.188 e. The molecule has 1 aromatic heterocycles. The van der Waals surface area contributed by atoms with E-state index in [9.17, 15) is 0 Å². The molecule has 106 valence electrons. The molecule has 3 aromatic rings. The number of hydrogen-bond acceptors (Lipinski definition) is 4. The summed E-state index contributed by atoms with van der Waals surface area (Å²) in [7, 11) is 1.58. The van der Waals surface area contributed by atoms with Gasteiger partial charge in [-0.1, -0.05) is 23.7 Å². The Morgan fingerprint density at radius 2 is 1.90 bits per heavy atom. The normalized spacial score (nSPS) is 10.8. The number of methoxy groups -OCH3 is 1. The van der Waals surface area contributed by atoms with Gasteiger partial charge in [-0.15, -0.1) is 10.2 Å². The molecule has 2 aromatic carbocycles. The van der Waals surface area contributed by atoms with Crippen molar-refractivity contribution in [1.82, 2.24) is 10.2 Å². The highest BCUT2D eigenvalue weighted by Gasteiger charge is 2.09. The van der Waals surface area contributed by atoms with Gasteiger partial charge in [-0.25, -0.2) is 0 Å². The van der Waals surface area contributed by atoms with E-state index in [4.69, 9.17) is 21.1 Å². The van der Waals surface area contributed by atoms with Crippen LogP contribution in [0.15, 0.2) is 48.5 Å². The van der Waals surface area contributed by atoms with Crippen molar-refractivity contribution in [3.63, 3.8) is 0 Å². The molecule has 1 heterocycles. The lowest BCUT2D eigenvalue weighted by atomic mass is 10.1. The summed E-state index contributed by atoms with van der Waals surface area (Å²) in [6, 6.07) is 15.1. The van der Waals surface area contributed by atoms with Crippen LogP contribution in [0.25, 0.3) is 22.2 Å². The second-order valence-corrected chi connectivity index (χ2v) is 4.92. The number of nitrogens with zero attached hydrogens (tertiary/aromatic N) is 2. The monoisotopic (exact) mass is 300 g/mol. The lowest BCUT2D eigenvalue weighted by Crippen LogP contribution is -2.00. The highest BCUT2D eigenvalue weighted by molar-refractivity contribution is 6.31. The Morgan fingerprint density at radius 3 is 2.76 bits per heavy atom. The third-order valence-corrected chi connectivity index (χ3v) is 3.28. The van der Waals surface area contributed by atoms with Crippen LogP contribution < -0.4 is 4.74 Å². The van der Waals surface area contributed by atoms with Gasteiger partial charge in [-0.2, -0.15) is 0 Å². The van der Waals surface area contributed by atoms with Crippen LogP contribution in [-0.2, 0) is 4.74 Å². The van der Waals surface area contributed by atoms with E-state index in [2.05, 4.69) is 10.2 Å². The molecule has 4 nitrogen and oxygen atoms in total. The predicted octanol–water partition coefficient (Wildman–Crippen LogP) is 3.93. The molecule has 3 rings (SSSR count). The van der Waals surface area contributed by atoms with Crippen molar-refractivity contribution < 1.29 is 9.47 Å². The Hall–Kier alpha value is -2.17. The first-order valence-corrected chi connectivity index (χ1v) is 6.80. The molecule has 21 heavy (non-hydrogen) atoms. The van der Waals surface area contributed by atoms with E-state index in [1.165, 1.54) is 0 Å². The van der Waals surface area contributed by atoms with E-state index in [0.29, 0.717) is 10.8 Å². The van der Waals surface area contributed by atoms with Gasteiger partial charge in [-0.3, -0.25) is 0 Å². The van der Waals surface area contributed by atoms with Crippen LogP contribution >= 0.6 is 11.6 Å². The lowest BCUT2D eigenvalue weighted by molar-refractivity contribution is 0.0515. The number of para-hydroxylation sites is 1. The van der Waals surface area contributed by atoms with Gasteiger partial charge in [0.25, 0.3) is 0 Å². The maximum absolute atomic E-state index is 6.03. The van der Waals surface area contributed by atoms with Gasteiger partial charge in [-0.05, 0) is 36.4 Å². The molecule has 0 amide bonds. The minimum Gasteiger partial charge on any atom is -0.467 e. The number of ether oxygens (including phenoxy) is 2. The summed E-state index contributed by atoms with van der Waals surface area (Å²) in [6.45, 7) is 0.184. The molecule has 0 fully saturated rings. The molecular weight excluding hydrogens is 288 g/mol. The Balaban J connectivity index is 2.07. The number of fused-ring (bicyclic) bond motifs is 1. The molecule has 0 saturated heterocycles. The van der Waals surface area contributed by atoms with E-state index in [1.807, 2.05) is 42.5 Å². The summed E-state index contributed by atoms with van der Waals surface area (Å²) >= 11 is 6.03. The molecule has 0 aliphatic rings. The van der Waals surface area contributed by atoms with E-state index < -0.39 is 0 Å². The minimum absolute atomic E-state index is 0.184. The quantitative estimate of drug-likeness (QED) is 0.685. The SMILES string of the molecule is COCOc1ccccc1-c1cc2cc(Cl)ccc2nn1. The Kier molecular flexibility index (Phi) is 3.99. The molecule has 0 bridgehead atoms. The van der Waals surface area contributed by atoms with Crippen LogP contribution in [0.4, 0.5) is 0 Å². The summed E-state index contributed by atoms with van der Waals surface area (Å²) in [5.41, 5.74) is 2.40. The lowest BCUT2D eigenvalue weighted by Gasteiger charge is -2.10. The Bertz CT molecular complexity index is 777. The van der Waals surface area contributed by atoms with Crippen LogP contribution in [0.5, 0.6) is 5.75 Å². The average molecular weight is 301 g/mol. The fourth-order valence-electron chi connectivity index (χ4n) is 2.07. The van der Waals surface area contributed by atoms with Crippen LogP contribution in [0, 0.1) is 0 Å². The molecule has 0 radical (unpaired) electrons. The van der Waals surface area contributed by atoms with Crippen molar-refractivity contribution in [3.8, 4) is 17.0 Å². The number of halogens is 1. The summed E-state index contributed by atoms with van der Waals surface area (Å²) < 4.78 is 10.5. The maximum atomic E-state index is 6.03. The van der Waals surface area contributed by atoms with Gasteiger partial charge in [0.15, 0.2) is 6.79 Å². The van der Waals surface area contributed by atoms with Crippen LogP contribution in [-0.4, -0.2) is 24.1 Å². The van der Waals surface area contributed by atoms with E-state index in [-0.39, 0.29) is 6.79 Å². The summed E-state index contributed by atoms with van der Waals surface area (Å²) in [4.78, 5) is 0. The fourth-order valence-corrected chi connectivity index (χ4v) is 2.25. The van der Waals surface area contributed by atoms with E-state index in [1.54, 1.807) is 13.2 Å². The standard InChI is InChI=1S/C16H13ClN2O2/c1-20-10-21-16-5-3-2-4-13(16)15-9-11-8-12(17)6-7-14(11)18-19-15/h2-9H,10H2,1H3. The number of benzene rings is 2. The van der Waals surface area contributed by atoms with Gasteiger partial charge >= 0.3 is 0 Å². The smallest absolute Gasteiger partial charge is 0.188 e. The molecule has 0 aliphatic heterocycles. The molecule has 0 aliphatic carbocycles. The predicted molar refractivity (Wildman–Crippen MR) is 82.5 cm³/mol. The van der Waals surface area contributed by atoms with Crippen molar-refractivity contribution in [2.75, 3.05) is 13.9 Å². The number of hydrogen-bond donors (Lipinski definition) is 0. The first-order chi connectivity index (χ1) is 10.3. The van der Waals surface area contributed by atoms with Crippen LogP contribution in [0.3, 0.4) is 0 Å². The molecule has 0 unspecified atom stereocenters. The number of rotatable bonds is 4. The topological polar surface area (TPSA) is 44.2 Å². The van der Waals surface area contributed by atoms with Gasteiger partial charge in [0.2, 0.25) is 0 Å². The fraction of sp³-hybridized carbons (Fsp3) is 0.125. The first-order valence-electron chi connectivity index (χ1n) is 6.42. The summed E-state index contributed by atoms with van der Waals surface area (Å²) in [6.07, 6.45) is 0. The second kappa shape index (κ2) is 6.08. The second-order valence-electron chi connectivity index (χ2n) is 4.48. The zero-order chi connectivity index (χ0) is 14.7. The van der Waals surface area contributed by atoms with E-state index >= 15 is 0 Å². The Labute approximate surface area is 127 Å². The molecule has 5 heteroatoms. The van der Waals surface area contributed by atoms with E-state index in [0.717, 1.165) is 22.2 Å². The van der Waals surface area contributed by atoms with Gasteiger partial charge < -0.3 is 9.47 Å². The van der Waals surface area contributed by atoms with Crippen molar-refractivity contribution in [2.45, 2.75) is 0 Å². The van der Waals surface area contributed by atoms with Crippen LogP contribution in [0.1, 0.15) is 0 Å². The largest absolute Gasteiger partial charge is 0.467 e. The van der Waals surface area contributed by atoms with Crippen molar-refractivity contribution in [2.24, 2.45) is 0 Å². The zero-order valence-electron chi connectivity index (χ0n) is 11.4. The highest BCUT2D eigenvalue weighted by Crippen LogP contribution is 2.30. The molecular formula is C16H13ClN2O2. The highest BCUT2D eigenvalue weighted by atomic mass is 35.5. The molecule has 0 spiro atoms. The van der Waals surface area contributed by atoms with Gasteiger partial charge in [0.05, 0.1) is 11.2 Å². The molecule has 0 saturated carbocycles. The summed E-state index contributed by atoms with van der Waals surface area (Å²) in [5, 5.41) is 10.1. The molecule has 0 atom stereocenters. The van der Waals surface area contributed by atoms with Crippen molar-refractivity contribution >= 4 is 22.5 Å². The zero-order valence-corrected chi connectivity index (χ0v) is 12.2. The van der Waals surface area contributed by atoms with Crippen molar-refractivity contribution in [3.05, 3.63) is 53.6 Å². The first kappa shape index (κ1) is 13.8. The van der Waals surface area contributed by atoms with Crippen molar-refractivity contribution in [1.29, 1.82) is 0 Å². The van der Waals surface area contributed by atoms with Gasteiger partial charge in [0.1, 0.15) is 5.75 Å². The number of aromatic nitrogens is 2. The average Bonchev–Trinajstić information content (AvgIpc) is 2.52. The Morgan fingerprint density at radius 1 is 1.05 bits per heavy atom. The third-order valence-electron chi connectivity index (χ3n) is 3.04.